The van der Waals surface area contributed by atoms with E-state index in [0.29, 0.717) is 12.5 Å². The molecule has 0 amide bonds. The predicted molar refractivity (Wildman–Crippen MR) is 62.5 cm³/mol. The van der Waals surface area contributed by atoms with Crippen molar-refractivity contribution < 1.29 is 9.84 Å². The van der Waals surface area contributed by atoms with Crippen LogP contribution in [0.15, 0.2) is 0 Å². The van der Waals surface area contributed by atoms with E-state index in [-0.39, 0.29) is 11.8 Å². The van der Waals surface area contributed by atoms with Crippen LogP contribution < -0.4 is 0 Å². The van der Waals surface area contributed by atoms with E-state index in [9.17, 15) is 5.11 Å². The average Bonchev–Trinajstić information content (AvgIpc) is 2.30. The van der Waals surface area contributed by atoms with Gasteiger partial charge < -0.3 is 9.84 Å². The summed E-state index contributed by atoms with van der Waals surface area (Å²) in [6.07, 6.45) is 4.69. The summed E-state index contributed by atoms with van der Waals surface area (Å²) in [7, 11) is 0. The molecule has 2 atom stereocenters. The van der Waals surface area contributed by atoms with Crippen molar-refractivity contribution in [2.45, 2.75) is 52.2 Å². The van der Waals surface area contributed by atoms with E-state index < -0.39 is 6.29 Å². The highest BCUT2D eigenvalue weighted by molar-refractivity contribution is 4.87. The van der Waals surface area contributed by atoms with Crippen molar-refractivity contribution in [3.63, 3.8) is 0 Å². The smallest absolute Gasteiger partial charge is 0.157 e. The zero-order valence-electron chi connectivity index (χ0n) is 10.4. The molecule has 2 unspecified atom stereocenters. The molecule has 0 aliphatic heterocycles. The first kappa shape index (κ1) is 13.5. The van der Waals surface area contributed by atoms with Crippen LogP contribution in [0.5, 0.6) is 0 Å². The van der Waals surface area contributed by atoms with Gasteiger partial charge in [-0.05, 0) is 44.9 Å². The molecule has 1 saturated carbocycles. The van der Waals surface area contributed by atoms with Crippen LogP contribution in [0.25, 0.3) is 0 Å². The zero-order valence-corrected chi connectivity index (χ0v) is 10.4. The Morgan fingerprint density at radius 1 is 1.38 bits per heavy atom. The molecule has 0 heterocycles. The molecule has 1 aliphatic rings. The number of aliphatic hydroxyl groups excluding tert-OH is 1. The van der Waals surface area contributed by atoms with Crippen molar-refractivity contribution in [3.05, 3.63) is 0 Å². The molecule has 16 heavy (non-hydrogen) atoms. The van der Waals surface area contributed by atoms with Crippen LogP contribution in [0.1, 0.15) is 46.0 Å². The third-order valence-corrected chi connectivity index (χ3v) is 3.56. The Bertz CT molecular complexity index is 229. The van der Waals surface area contributed by atoms with Crippen molar-refractivity contribution in [1.29, 1.82) is 5.26 Å². The topological polar surface area (TPSA) is 53.2 Å². The van der Waals surface area contributed by atoms with Crippen LogP contribution in [0.4, 0.5) is 0 Å². The molecule has 92 valence electrons. The van der Waals surface area contributed by atoms with Gasteiger partial charge >= 0.3 is 0 Å². The normalized spacial score (nSPS) is 29.4. The van der Waals surface area contributed by atoms with Crippen LogP contribution in [-0.4, -0.2) is 18.0 Å². The fourth-order valence-electron chi connectivity index (χ4n) is 2.50. The van der Waals surface area contributed by atoms with Crippen LogP contribution in [0, 0.1) is 29.1 Å². The highest BCUT2D eigenvalue weighted by Gasteiger charge is 2.24. The highest BCUT2D eigenvalue weighted by atomic mass is 16.6. The lowest BCUT2D eigenvalue weighted by Gasteiger charge is -2.28. The monoisotopic (exact) mass is 225 g/mol. The summed E-state index contributed by atoms with van der Waals surface area (Å²) in [6.45, 7) is 4.50. The molecule has 1 N–H and O–H groups in total. The van der Waals surface area contributed by atoms with E-state index >= 15 is 0 Å². The Hall–Kier alpha value is -0.590. The Morgan fingerprint density at radius 2 is 2.00 bits per heavy atom. The predicted octanol–water partition coefficient (Wildman–Crippen LogP) is 2.70. The molecule has 0 aromatic heterocycles. The molecule has 0 radical (unpaired) electrons. The van der Waals surface area contributed by atoms with Crippen molar-refractivity contribution in [3.8, 4) is 6.07 Å². The molecule has 3 nitrogen and oxygen atoms in total. The molecular formula is C13H23NO2. The minimum Gasteiger partial charge on any atom is -0.368 e. The highest BCUT2D eigenvalue weighted by Crippen LogP contribution is 2.33. The van der Waals surface area contributed by atoms with E-state index in [0.717, 1.165) is 32.1 Å². The number of nitrogens with zero attached hydrogens (tertiary/aromatic N) is 1. The summed E-state index contributed by atoms with van der Waals surface area (Å²) in [5.41, 5.74) is 0. The number of aliphatic hydroxyl groups is 1. The maximum absolute atomic E-state index is 9.67. The van der Waals surface area contributed by atoms with Crippen LogP contribution in [0.3, 0.4) is 0 Å². The number of rotatable bonds is 5. The summed E-state index contributed by atoms with van der Waals surface area (Å²) >= 11 is 0. The van der Waals surface area contributed by atoms with Crippen molar-refractivity contribution in [2.75, 3.05) is 6.61 Å². The number of nitriles is 1. The fraction of sp³-hybridized carbons (Fsp3) is 0.923. The van der Waals surface area contributed by atoms with Gasteiger partial charge in [-0.1, -0.05) is 6.92 Å². The van der Waals surface area contributed by atoms with Crippen molar-refractivity contribution >= 4 is 0 Å². The second-order valence-corrected chi connectivity index (χ2v) is 4.91. The van der Waals surface area contributed by atoms with Crippen LogP contribution >= 0.6 is 0 Å². The maximum Gasteiger partial charge on any atom is 0.157 e. The summed E-state index contributed by atoms with van der Waals surface area (Å²) in [5.74, 6) is 1.13. The summed E-state index contributed by atoms with van der Waals surface area (Å²) in [4.78, 5) is 0. The molecule has 1 fully saturated rings. The molecule has 0 aromatic carbocycles. The summed E-state index contributed by atoms with van der Waals surface area (Å²) < 4.78 is 5.19. The largest absolute Gasteiger partial charge is 0.368 e. The van der Waals surface area contributed by atoms with Gasteiger partial charge in [-0.3, -0.25) is 0 Å². The second-order valence-electron chi connectivity index (χ2n) is 4.91. The van der Waals surface area contributed by atoms with Crippen molar-refractivity contribution in [1.82, 2.24) is 0 Å². The first-order valence-electron chi connectivity index (χ1n) is 6.36. The van der Waals surface area contributed by atoms with Crippen molar-refractivity contribution in [2.24, 2.45) is 17.8 Å². The first-order valence-corrected chi connectivity index (χ1v) is 6.36. The lowest BCUT2D eigenvalue weighted by atomic mass is 9.79. The Labute approximate surface area is 98.4 Å². The number of hydrogen-bond acceptors (Lipinski definition) is 3. The minimum absolute atomic E-state index is 0.198. The average molecular weight is 225 g/mol. The summed E-state index contributed by atoms with van der Waals surface area (Å²) in [5, 5.41) is 18.5. The van der Waals surface area contributed by atoms with Gasteiger partial charge in [0.05, 0.1) is 6.07 Å². The standard InChI is InChI=1S/C13H23NO2/c1-3-16-13(15)10(2)8-11-4-6-12(9-14)7-5-11/h10-13,15H,3-8H2,1-2H3. The fourth-order valence-corrected chi connectivity index (χ4v) is 2.50. The van der Waals surface area contributed by atoms with E-state index in [1.165, 1.54) is 0 Å². The van der Waals surface area contributed by atoms with Crippen LogP contribution in [-0.2, 0) is 4.74 Å². The molecule has 1 aliphatic carbocycles. The molecular weight excluding hydrogens is 202 g/mol. The lowest BCUT2D eigenvalue weighted by Crippen LogP contribution is -2.25. The maximum atomic E-state index is 9.67. The molecule has 0 spiro atoms. The third-order valence-electron chi connectivity index (χ3n) is 3.56. The Morgan fingerprint density at radius 3 is 2.50 bits per heavy atom. The van der Waals surface area contributed by atoms with Gasteiger partial charge in [0.25, 0.3) is 0 Å². The number of ether oxygens (including phenoxy) is 1. The van der Waals surface area contributed by atoms with Gasteiger partial charge in [-0.15, -0.1) is 0 Å². The van der Waals surface area contributed by atoms with Gasteiger partial charge in [0.15, 0.2) is 6.29 Å². The van der Waals surface area contributed by atoms with E-state index in [2.05, 4.69) is 6.07 Å². The molecule has 0 bridgehead atoms. The Kier molecular flexibility index (Phi) is 5.79. The quantitative estimate of drug-likeness (QED) is 0.732. The first-order chi connectivity index (χ1) is 7.67. The zero-order chi connectivity index (χ0) is 12.0. The lowest BCUT2D eigenvalue weighted by molar-refractivity contribution is -0.131. The van der Waals surface area contributed by atoms with E-state index in [4.69, 9.17) is 10.00 Å². The molecule has 0 aromatic rings. The van der Waals surface area contributed by atoms with E-state index in [1.807, 2.05) is 13.8 Å². The van der Waals surface area contributed by atoms with E-state index in [1.54, 1.807) is 0 Å². The molecule has 0 saturated heterocycles. The van der Waals surface area contributed by atoms with Gasteiger partial charge in [0.2, 0.25) is 0 Å². The molecule has 3 heteroatoms. The third kappa shape index (κ3) is 4.11. The van der Waals surface area contributed by atoms with Gasteiger partial charge in [0.1, 0.15) is 0 Å². The van der Waals surface area contributed by atoms with Gasteiger partial charge in [-0.25, -0.2) is 0 Å². The SMILES string of the molecule is CCOC(O)C(C)CC1CCC(C#N)CC1. The van der Waals surface area contributed by atoms with Crippen LogP contribution in [0.2, 0.25) is 0 Å². The summed E-state index contributed by atoms with van der Waals surface area (Å²) in [6, 6.07) is 2.35. The molecule has 1 rings (SSSR count). The van der Waals surface area contributed by atoms with Gasteiger partial charge in [0, 0.05) is 18.4 Å². The Balaban J connectivity index is 2.25. The minimum atomic E-state index is -0.626. The number of hydrogen-bond donors (Lipinski definition) is 1. The van der Waals surface area contributed by atoms with Gasteiger partial charge in [-0.2, -0.15) is 5.26 Å². The second kappa shape index (κ2) is 6.88.